The predicted octanol–water partition coefficient (Wildman–Crippen LogP) is 1.50. The molecule has 0 spiro atoms. The van der Waals surface area contributed by atoms with Crippen LogP contribution in [-0.4, -0.2) is 12.3 Å². The molecule has 2 nitrogen and oxygen atoms in total. The second-order valence-corrected chi connectivity index (χ2v) is 3.50. The highest BCUT2D eigenvalue weighted by Crippen LogP contribution is 2.21. The summed E-state index contributed by atoms with van der Waals surface area (Å²) in [6, 6.07) is 0. The fraction of sp³-hybridized carbons (Fsp3) is 1.00. The molecular weight excluding hydrogens is 126 g/mol. The summed E-state index contributed by atoms with van der Waals surface area (Å²) < 4.78 is 5.45. The monoisotopic (exact) mass is 143 g/mol. The highest BCUT2D eigenvalue weighted by molar-refractivity contribution is 4.70. The van der Waals surface area contributed by atoms with E-state index in [1.54, 1.807) is 0 Å². The van der Waals surface area contributed by atoms with Crippen LogP contribution in [0.1, 0.15) is 33.1 Å². The van der Waals surface area contributed by atoms with Gasteiger partial charge in [-0.1, -0.05) is 13.8 Å². The molecule has 0 radical (unpaired) electrons. The van der Waals surface area contributed by atoms with Crippen LogP contribution in [0.2, 0.25) is 0 Å². The van der Waals surface area contributed by atoms with Crippen LogP contribution >= 0.6 is 0 Å². The molecule has 1 saturated heterocycles. The van der Waals surface area contributed by atoms with Crippen molar-refractivity contribution in [2.45, 2.75) is 45.4 Å². The van der Waals surface area contributed by atoms with Crippen molar-refractivity contribution in [3.05, 3.63) is 0 Å². The summed E-state index contributed by atoms with van der Waals surface area (Å²) in [4.78, 5) is 0. The molecular formula is C8H17NO. The molecule has 0 amide bonds. The number of rotatable bonds is 2. The average Bonchev–Trinajstić information content (AvgIpc) is 2.13. The second kappa shape index (κ2) is 3.35. The van der Waals surface area contributed by atoms with Crippen molar-refractivity contribution in [2.24, 2.45) is 11.7 Å². The van der Waals surface area contributed by atoms with Crippen molar-refractivity contribution < 1.29 is 4.74 Å². The molecule has 2 unspecified atom stereocenters. The minimum absolute atomic E-state index is 0.0174. The van der Waals surface area contributed by atoms with Gasteiger partial charge >= 0.3 is 0 Å². The SMILES string of the molecule is CC(C)CC1CCC(N)O1. The Morgan fingerprint density at radius 3 is 2.60 bits per heavy atom. The average molecular weight is 143 g/mol. The van der Waals surface area contributed by atoms with Gasteiger partial charge in [0.25, 0.3) is 0 Å². The summed E-state index contributed by atoms with van der Waals surface area (Å²) in [5.74, 6) is 0.732. The van der Waals surface area contributed by atoms with Crippen LogP contribution in [-0.2, 0) is 4.74 Å². The summed E-state index contributed by atoms with van der Waals surface area (Å²) >= 11 is 0. The Morgan fingerprint density at radius 2 is 2.20 bits per heavy atom. The molecule has 0 saturated carbocycles. The van der Waals surface area contributed by atoms with Crippen LogP contribution in [0.3, 0.4) is 0 Å². The van der Waals surface area contributed by atoms with E-state index in [2.05, 4.69) is 13.8 Å². The van der Waals surface area contributed by atoms with Gasteiger partial charge in [0.1, 0.15) is 6.23 Å². The van der Waals surface area contributed by atoms with E-state index in [0.29, 0.717) is 6.10 Å². The van der Waals surface area contributed by atoms with Crippen LogP contribution in [0.5, 0.6) is 0 Å². The van der Waals surface area contributed by atoms with Gasteiger partial charge in [0.2, 0.25) is 0 Å². The topological polar surface area (TPSA) is 35.2 Å². The van der Waals surface area contributed by atoms with Gasteiger partial charge in [-0.3, -0.25) is 0 Å². The zero-order chi connectivity index (χ0) is 7.56. The largest absolute Gasteiger partial charge is 0.360 e. The lowest BCUT2D eigenvalue weighted by atomic mass is 10.0. The number of hydrogen-bond donors (Lipinski definition) is 1. The van der Waals surface area contributed by atoms with Crippen LogP contribution in [0.15, 0.2) is 0 Å². The zero-order valence-corrected chi connectivity index (χ0v) is 6.84. The van der Waals surface area contributed by atoms with Crippen LogP contribution in [0, 0.1) is 5.92 Å². The Bertz CT molecular complexity index is 103. The quantitative estimate of drug-likeness (QED) is 0.635. The minimum Gasteiger partial charge on any atom is -0.360 e. The van der Waals surface area contributed by atoms with Crippen molar-refractivity contribution in [1.29, 1.82) is 0 Å². The molecule has 1 fully saturated rings. The van der Waals surface area contributed by atoms with E-state index >= 15 is 0 Å². The molecule has 2 N–H and O–H groups in total. The molecule has 1 rings (SSSR count). The summed E-state index contributed by atoms with van der Waals surface area (Å²) in [7, 11) is 0. The van der Waals surface area contributed by atoms with E-state index in [-0.39, 0.29) is 6.23 Å². The second-order valence-electron chi connectivity index (χ2n) is 3.50. The Labute approximate surface area is 62.7 Å². The third-order valence-corrected chi connectivity index (χ3v) is 1.87. The zero-order valence-electron chi connectivity index (χ0n) is 6.84. The molecule has 0 bridgehead atoms. The summed E-state index contributed by atoms with van der Waals surface area (Å²) in [5, 5.41) is 0. The first-order valence-electron chi connectivity index (χ1n) is 4.09. The minimum atomic E-state index is 0.0174. The van der Waals surface area contributed by atoms with E-state index < -0.39 is 0 Å². The van der Waals surface area contributed by atoms with E-state index in [0.717, 1.165) is 25.2 Å². The Morgan fingerprint density at radius 1 is 1.50 bits per heavy atom. The first-order chi connectivity index (χ1) is 4.68. The van der Waals surface area contributed by atoms with Gasteiger partial charge in [-0.25, -0.2) is 0 Å². The maximum atomic E-state index is 5.58. The van der Waals surface area contributed by atoms with Crippen molar-refractivity contribution in [1.82, 2.24) is 0 Å². The standard InChI is InChI=1S/C8H17NO/c1-6(2)5-7-3-4-8(9)10-7/h6-8H,3-5,9H2,1-2H3. The lowest BCUT2D eigenvalue weighted by Crippen LogP contribution is -2.20. The summed E-state index contributed by atoms with van der Waals surface area (Å²) in [6.45, 7) is 4.43. The lowest BCUT2D eigenvalue weighted by molar-refractivity contribution is 0.0375. The van der Waals surface area contributed by atoms with Crippen LogP contribution in [0.25, 0.3) is 0 Å². The normalized spacial score (nSPS) is 33.6. The molecule has 2 atom stereocenters. The van der Waals surface area contributed by atoms with E-state index in [1.807, 2.05) is 0 Å². The molecule has 0 aromatic rings. The van der Waals surface area contributed by atoms with Crippen molar-refractivity contribution in [3.63, 3.8) is 0 Å². The van der Waals surface area contributed by atoms with Crippen molar-refractivity contribution >= 4 is 0 Å². The third kappa shape index (κ3) is 2.27. The lowest BCUT2D eigenvalue weighted by Gasteiger charge is -2.12. The van der Waals surface area contributed by atoms with E-state index in [9.17, 15) is 0 Å². The van der Waals surface area contributed by atoms with E-state index in [4.69, 9.17) is 10.5 Å². The Kier molecular flexibility index (Phi) is 2.69. The van der Waals surface area contributed by atoms with Crippen molar-refractivity contribution in [2.75, 3.05) is 0 Å². The Hall–Kier alpha value is -0.0800. The highest BCUT2D eigenvalue weighted by atomic mass is 16.5. The molecule has 1 aliphatic heterocycles. The van der Waals surface area contributed by atoms with Gasteiger partial charge in [0.15, 0.2) is 0 Å². The fourth-order valence-electron chi connectivity index (χ4n) is 1.43. The van der Waals surface area contributed by atoms with Gasteiger partial charge in [-0.2, -0.15) is 0 Å². The predicted molar refractivity (Wildman–Crippen MR) is 41.5 cm³/mol. The smallest absolute Gasteiger partial charge is 0.106 e. The molecule has 10 heavy (non-hydrogen) atoms. The molecule has 0 aromatic heterocycles. The van der Waals surface area contributed by atoms with Crippen LogP contribution < -0.4 is 5.73 Å². The first kappa shape index (κ1) is 8.02. The maximum Gasteiger partial charge on any atom is 0.106 e. The summed E-state index contributed by atoms with van der Waals surface area (Å²) in [6.07, 6.45) is 3.81. The molecule has 0 aromatic carbocycles. The van der Waals surface area contributed by atoms with Crippen molar-refractivity contribution in [3.8, 4) is 0 Å². The molecule has 2 heteroatoms. The van der Waals surface area contributed by atoms with Crippen LogP contribution in [0.4, 0.5) is 0 Å². The fourth-order valence-corrected chi connectivity index (χ4v) is 1.43. The van der Waals surface area contributed by atoms with E-state index in [1.165, 1.54) is 0 Å². The summed E-state index contributed by atoms with van der Waals surface area (Å²) in [5.41, 5.74) is 5.58. The van der Waals surface area contributed by atoms with Gasteiger partial charge in [0.05, 0.1) is 6.10 Å². The molecule has 1 aliphatic rings. The number of ether oxygens (including phenoxy) is 1. The van der Waals surface area contributed by atoms with Gasteiger partial charge in [-0.05, 0) is 25.2 Å². The first-order valence-corrected chi connectivity index (χ1v) is 4.09. The molecule has 1 heterocycles. The Balaban J connectivity index is 2.18. The van der Waals surface area contributed by atoms with Gasteiger partial charge in [0, 0.05) is 0 Å². The molecule has 0 aliphatic carbocycles. The number of nitrogens with two attached hydrogens (primary N) is 1. The number of hydrogen-bond acceptors (Lipinski definition) is 2. The van der Waals surface area contributed by atoms with Gasteiger partial charge < -0.3 is 10.5 Å². The van der Waals surface area contributed by atoms with Gasteiger partial charge in [-0.15, -0.1) is 0 Å². The highest BCUT2D eigenvalue weighted by Gasteiger charge is 2.22. The molecule has 60 valence electrons. The third-order valence-electron chi connectivity index (χ3n) is 1.87. The maximum absolute atomic E-state index is 5.58.